The summed E-state index contributed by atoms with van der Waals surface area (Å²) in [6.07, 6.45) is 7.16. The number of anilines is 1. The number of rotatable bonds is 5. The Morgan fingerprint density at radius 2 is 2.00 bits per heavy atom. The Labute approximate surface area is 164 Å². The third-order valence-corrected chi connectivity index (χ3v) is 6.23. The molecule has 2 aliphatic carbocycles. The van der Waals surface area contributed by atoms with Crippen LogP contribution >= 0.6 is 0 Å². The second kappa shape index (κ2) is 6.87. The van der Waals surface area contributed by atoms with Crippen molar-refractivity contribution >= 4 is 11.9 Å². The largest absolute Gasteiger partial charge is 0.356 e. The van der Waals surface area contributed by atoms with Crippen LogP contribution < -0.4 is 10.2 Å². The van der Waals surface area contributed by atoms with Gasteiger partial charge < -0.3 is 14.7 Å². The van der Waals surface area contributed by atoms with Crippen molar-refractivity contribution in [3.8, 4) is 11.3 Å². The van der Waals surface area contributed by atoms with Crippen molar-refractivity contribution in [3.63, 3.8) is 0 Å². The molecule has 3 aliphatic rings. The summed E-state index contributed by atoms with van der Waals surface area (Å²) in [5, 5.41) is 7.23. The van der Waals surface area contributed by atoms with E-state index in [1.54, 1.807) is 0 Å². The zero-order chi connectivity index (χ0) is 19.3. The SMILES string of the molecule is Cc1cc(-c2cnc(N3CCC(NC(=O)[C@H]4C[C@@H]4C)CC3)nc2C2CC2)on1. The molecule has 0 unspecified atom stereocenters. The Bertz CT molecular complexity index is 883. The van der Waals surface area contributed by atoms with E-state index in [1.807, 2.05) is 19.2 Å². The van der Waals surface area contributed by atoms with E-state index in [0.717, 1.165) is 61.0 Å². The monoisotopic (exact) mass is 381 g/mol. The van der Waals surface area contributed by atoms with Gasteiger partial charge in [0.25, 0.3) is 0 Å². The summed E-state index contributed by atoms with van der Waals surface area (Å²) >= 11 is 0. The molecule has 1 aliphatic heterocycles. The molecule has 0 bridgehead atoms. The number of carbonyl (C=O) groups is 1. The minimum atomic E-state index is 0.241. The lowest BCUT2D eigenvalue weighted by atomic mass is 10.0. The maximum atomic E-state index is 12.2. The minimum Gasteiger partial charge on any atom is -0.356 e. The van der Waals surface area contributed by atoms with E-state index in [0.29, 0.717) is 11.8 Å². The fourth-order valence-electron chi connectivity index (χ4n) is 4.11. The molecule has 7 heteroatoms. The van der Waals surface area contributed by atoms with Crippen molar-refractivity contribution in [1.29, 1.82) is 0 Å². The standard InChI is InChI=1S/C21H27N5O2/c1-12-9-16(12)20(27)23-15-5-7-26(8-6-15)21-22-11-17(18-10-13(2)25-28-18)19(24-21)14-3-4-14/h10-12,14-16H,3-9H2,1-2H3,(H,23,27)/t12-,16-/m0/s1. The van der Waals surface area contributed by atoms with Crippen LogP contribution in [0.5, 0.6) is 0 Å². The molecule has 1 saturated heterocycles. The van der Waals surface area contributed by atoms with Gasteiger partial charge in [-0.1, -0.05) is 12.1 Å². The molecule has 1 N–H and O–H groups in total. The third-order valence-electron chi connectivity index (χ3n) is 6.23. The lowest BCUT2D eigenvalue weighted by Gasteiger charge is -2.32. The molecule has 2 atom stereocenters. The summed E-state index contributed by atoms with van der Waals surface area (Å²) in [7, 11) is 0. The van der Waals surface area contributed by atoms with Crippen LogP contribution in [-0.4, -0.2) is 40.2 Å². The highest BCUT2D eigenvalue weighted by atomic mass is 16.5. The minimum absolute atomic E-state index is 0.241. The summed E-state index contributed by atoms with van der Waals surface area (Å²) in [5.74, 6) is 3.09. The zero-order valence-electron chi connectivity index (χ0n) is 16.5. The summed E-state index contributed by atoms with van der Waals surface area (Å²) in [6.45, 7) is 5.81. The summed E-state index contributed by atoms with van der Waals surface area (Å²) in [4.78, 5) is 24.0. The number of nitrogens with zero attached hydrogens (tertiary/aromatic N) is 4. The van der Waals surface area contributed by atoms with Crippen molar-refractivity contribution in [1.82, 2.24) is 20.4 Å². The van der Waals surface area contributed by atoms with Crippen LogP contribution in [0, 0.1) is 18.8 Å². The molecule has 2 saturated carbocycles. The van der Waals surface area contributed by atoms with Gasteiger partial charge in [0, 0.05) is 43.2 Å². The van der Waals surface area contributed by atoms with Gasteiger partial charge in [0.1, 0.15) is 0 Å². The molecular weight excluding hydrogens is 354 g/mol. The van der Waals surface area contributed by atoms with Crippen molar-refractivity contribution in [2.75, 3.05) is 18.0 Å². The van der Waals surface area contributed by atoms with Gasteiger partial charge in [-0.15, -0.1) is 0 Å². The Hall–Kier alpha value is -2.44. The molecule has 28 heavy (non-hydrogen) atoms. The van der Waals surface area contributed by atoms with Gasteiger partial charge in [-0.2, -0.15) is 0 Å². The Balaban J connectivity index is 1.27. The number of amides is 1. The van der Waals surface area contributed by atoms with E-state index in [2.05, 4.69) is 27.3 Å². The topological polar surface area (TPSA) is 84.2 Å². The maximum Gasteiger partial charge on any atom is 0.225 e. The molecule has 3 fully saturated rings. The summed E-state index contributed by atoms with van der Waals surface area (Å²) in [6, 6.07) is 2.22. The highest BCUT2D eigenvalue weighted by Gasteiger charge is 2.40. The molecule has 2 aromatic heterocycles. The normalized spacial score (nSPS) is 25.0. The fourth-order valence-corrected chi connectivity index (χ4v) is 4.11. The van der Waals surface area contributed by atoms with Gasteiger partial charge in [-0.3, -0.25) is 4.79 Å². The predicted molar refractivity (Wildman–Crippen MR) is 105 cm³/mol. The highest BCUT2D eigenvalue weighted by Crippen LogP contribution is 2.44. The lowest BCUT2D eigenvalue weighted by Crippen LogP contribution is -2.45. The average molecular weight is 381 g/mol. The molecule has 7 nitrogen and oxygen atoms in total. The van der Waals surface area contributed by atoms with Gasteiger partial charge in [0.05, 0.1) is 17.0 Å². The van der Waals surface area contributed by atoms with E-state index in [4.69, 9.17) is 9.51 Å². The van der Waals surface area contributed by atoms with E-state index < -0.39 is 0 Å². The van der Waals surface area contributed by atoms with Crippen LogP contribution in [0.2, 0.25) is 0 Å². The number of hydrogen-bond donors (Lipinski definition) is 1. The number of hydrogen-bond acceptors (Lipinski definition) is 6. The van der Waals surface area contributed by atoms with Gasteiger partial charge in [0.15, 0.2) is 5.76 Å². The molecule has 0 radical (unpaired) electrons. The first-order valence-corrected chi connectivity index (χ1v) is 10.4. The lowest BCUT2D eigenvalue weighted by molar-refractivity contribution is -0.123. The van der Waals surface area contributed by atoms with E-state index in [9.17, 15) is 4.79 Å². The molecule has 2 aromatic rings. The van der Waals surface area contributed by atoms with Crippen LogP contribution in [0.4, 0.5) is 5.95 Å². The number of nitrogens with one attached hydrogen (secondary N) is 1. The van der Waals surface area contributed by atoms with E-state index in [-0.39, 0.29) is 17.9 Å². The average Bonchev–Trinajstić information content (AvgIpc) is 3.62. The second-order valence-electron chi connectivity index (χ2n) is 8.67. The molecule has 5 rings (SSSR count). The van der Waals surface area contributed by atoms with Crippen LogP contribution in [0.25, 0.3) is 11.3 Å². The fraction of sp³-hybridized carbons (Fsp3) is 0.619. The van der Waals surface area contributed by atoms with Crippen LogP contribution in [0.3, 0.4) is 0 Å². The molecule has 148 valence electrons. The number of piperidine rings is 1. The molecular formula is C21H27N5O2. The van der Waals surface area contributed by atoms with Gasteiger partial charge in [0.2, 0.25) is 11.9 Å². The molecule has 1 amide bonds. The van der Waals surface area contributed by atoms with Crippen LogP contribution in [0.1, 0.15) is 56.3 Å². The van der Waals surface area contributed by atoms with E-state index >= 15 is 0 Å². The van der Waals surface area contributed by atoms with Crippen molar-refractivity contribution in [2.45, 2.75) is 57.9 Å². The maximum absolute atomic E-state index is 12.2. The zero-order valence-corrected chi connectivity index (χ0v) is 16.5. The third kappa shape index (κ3) is 3.50. The molecule has 0 spiro atoms. The summed E-state index contributed by atoms with van der Waals surface area (Å²) < 4.78 is 5.45. The van der Waals surface area contributed by atoms with Gasteiger partial charge in [-0.25, -0.2) is 9.97 Å². The first-order valence-electron chi connectivity index (χ1n) is 10.4. The predicted octanol–water partition coefficient (Wildman–Crippen LogP) is 3.06. The first kappa shape index (κ1) is 17.6. The quantitative estimate of drug-likeness (QED) is 0.857. The van der Waals surface area contributed by atoms with Crippen molar-refractivity contribution in [3.05, 3.63) is 23.7 Å². The second-order valence-corrected chi connectivity index (χ2v) is 8.67. The molecule has 0 aromatic carbocycles. The van der Waals surface area contributed by atoms with E-state index in [1.165, 1.54) is 12.8 Å². The smallest absolute Gasteiger partial charge is 0.225 e. The first-order chi connectivity index (χ1) is 13.6. The Morgan fingerprint density at radius 3 is 2.61 bits per heavy atom. The number of aryl methyl sites for hydroxylation is 1. The van der Waals surface area contributed by atoms with Crippen LogP contribution in [0.15, 0.2) is 16.8 Å². The van der Waals surface area contributed by atoms with Crippen LogP contribution in [-0.2, 0) is 4.79 Å². The van der Waals surface area contributed by atoms with Gasteiger partial charge in [-0.05, 0) is 44.9 Å². The van der Waals surface area contributed by atoms with Crippen molar-refractivity contribution in [2.24, 2.45) is 11.8 Å². The number of carbonyl (C=O) groups excluding carboxylic acids is 1. The Morgan fingerprint density at radius 1 is 1.25 bits per heavy atom. The Kier molecular flexibility index (Phi) is 4.33. The van der Waals surface area contributed by atoms with Gasteiger partial charge >= 0.3 is 0 Å². The van der Waals surface area contributed by atoms with Crippen molar-refractivity contribution < 1.29 is 9.32 Å². The number of aromatic nitrogens is 3. The summed E-state index contributed by atoms with van der Waals surface area (Å²) in [5.41, 5.74) is 2.91. The molecule has 3 heterocycles. The highest BCUT2D eigenvalue weighted by molar-refractivity contribution is 5.81.